The van der Waals surface area contributed by atoms with Crippen LogP contribution in [0.1, 0.15) is 98.3 Å². The molecule has 0 unspecified atom stereocenters. The number of unbranched alkanes of at least 4 members (excludes halogenated alkanes) is 9. The van der Waals surface area contributed by atoms with E-state index in [1.54, 1.807) is 0 Å². The Bertz CT molecular complexity index is 303. The van der Waals surface area contributed by atoms with Gasteiger partial charge >= 0.3 is 0 Å². The van der Waals surface area contributed by atoms with Gasteiger partial charge in [0.15, 0.2) is 0 Å². The average molecular weight is 353 g/mol. The van der Waals surface area contributed by atoms with E-state index in [0.29, 0.717) is 0 Å². The third-order valence-corrected chi connectivity index (χ3v) is 10.1. The van der Waals surface area contributed by atoms with Crippen LogP contribution in [-0.2, 0) is 4.74 Å². The molecule has 0 saturated heterocycles. The maximum Gasteiger partial charge on any atom is 0.137 e. The van der Waals surface area contributed by atoms with E-state index >= 15 is 0 Å². The van der Waals surface area contributed by atoms with Crippen molar-refractivity contribution in [1.82, 2.24) is 0 Å². The first kappa shape index (κ1) is 23.7. The molecule has 0 rings (SSSR count). The molecule has 0 aromatic rings. The van der Waals surface area contributed by atoms with Gasteiger partial charge in [0.2, 0.25) is 0 Å². The van der Waals surface area contributed by atoms with Gasteiger partial charge in [0.25, 0.3) is 0 Å². The molecule has 0 aliphatic rings. The van der Waals surface area contributed by atoms with Crippen molar-refractivity contribution in [3.05, 3.63) is 0 Å². The van der Waals surface area contributed by atoms with Crippen molar-refractivity contribution >= 4 is 8.07 Å². The Kier molecular flexibility index (Phi) is 17.4. The van der Waals surface area contributed by atoms with Crippen LogP contribution in [0.2, 0.25) is 18.1 Å². The summed E-state index contributed by atoms with van der Waals surface area (Å²) in [5.41, 5.74) is 3.70. The zero-order valence-corrected chi connectivity index (χ0v) is 18.2. The second-order valence-corrected chi connectivity index (χ2v) is 12.1. The van der Waals surface area contributed by atoms with E-state index in [1.807, 2.05) is 0 Å². The molecule has 0 radical (unpaired) electrons. The lowest BCUT2D eigenvalue weighted by Crippen LogP contribution is -2.29. The molecule has 142 valence electrons. The van der Waals surface area contributed by atoms with Crippen LogP contribution >= 0.6 is 0 Å². The Balaban J connectivity index is 3.37. The lowest BCUT2D eigenvalue weighted by atomic mass is 10.1. The van der Waals surface area contributed by atoms with E-state index in [2.05, 4.69) is 39.2 Å². The maximum atomic E-state index is 5.51. The number of hydrogen-bond donors (Lipinski definition) is 0. The summed E-state index contributed by atoms with van der Waals surface area (Å²) >= 11 is 0. The highest BCUT2D eigenvalue weighted by atomic mass is 28.3. The number of ether oxygens (including phenoxy) is 1. The summed E-state index contributed by atoms with van der Waals surface area (Å²) in [6, 6.07) is 3.99. The van der Waals surface area contributed by atoms with Gasteiger partial charge in [-0.15, -0.1) is 11.5 Å². The molecule has 0 heterocycles. The highest BCUT2D eigenvalue weighted by Crippen LogP contribution is 2.19. The second-order valence-electron chi connectivity index (χ2n) is 7.19. The fourth-order valence-electron chi connectivity index (χ4n) is 3.17. The largest absolute Gasteiger partial charge is 0.381 e. The van der Waals surface area contributed by atoms with Crippen LogP contribution in [0.5, 0.6) is 0 Å². The zero-order valence-electron chi connectivity index (χ0n) is 17.2. The van der Waals surface area contributed by atoms with E-state index in [0.717, 1.165) is 26.1 Å². The van der Waals surface area contributed by atoms with Crippen LogP contribution in [0.4, 0.5) is 0 Å². The zero-order chi connectivity index (χ0) is 17.9. The van der Waals surface area contributed by atoms with Gasteiger partial charge in [-0.2, -0.15) is 0 Å². The molecular formula is C22H44OSi. The molecule has 0 fully saturated rings. The van der Waals surface area contributed by atoms with Gasteiger partial charge < -0.3 is 4.74 Å². The first-order chi connectivity index (χ1) is 11.7. The van der Waals surface area contributed by atoms with Gasteiger partial charge in [-0.1, -0.05) is 72.6 Å². The first-order valence-electron chi connectivity index (χ1n) is 10.8. The smallest absolute Gasteiger partial charge is 0.137 e. The summed E-state index contributed by atoms with van der Waals surface area (Å²) in [7, 11) is -1.19. The summed E-state index contributed by atoms with van der Waals surface area (Å²) in [4.78, 5) is 0. The van der Waals surface area contributed by atoms with Gasteiger partial charge in [-0.3, -0.25) is 0 Å². The molecular weight excluding hydrogens is 308 g/mol. The van der Waals surface area contributed by atoms with E-state index in [4.69, 9.17) is 4.74 Å². The average Bonchev–Trinajstić information content (AvgIpc) is 2.62. The third-order valence-electron chi connectivity index (χ3n) is 5.32. The minimum atomic E-state index is -1.19. The second kappa shape index (κ2) is 17.6. The Morgan fingerprint density at radius 3 is 1.62 bits per heavy atom. The first-order valence-corrected chi connectivity index (χ1v) is 13.4. The lowest BCUT2D eigenvalue weighted by Gasteiger charge is -2.20. The van der Waals surface area contributed by atoms with Crippen LogP contribution in [0.25, 0.3) is 0 Å². The van der Waals surface area contributed by atoms with Crippen LogP contribution in [0.3, 0.4) is 0 Å². The maximum absolute atomic E-state index is 5.51. The van der Waals surface area contributed by atoms with Crippen molar-refractivity contribution in [2.45, 2.75) is 116 Å². The van der Waals surface area contributed by atoms with Crippen molar-refractivity contribution < 1.29 is 4.74 Å². The normalized spacial score (nSPS) is 11.3. The molecule has 0 spiro atoms. The van der Waals surface area contributed by atoms with E-state index in [-0.39, 0.29) is 0 Å². The summed E-state index contributed by atoms with van der Waals surface area (Å²) < 4.78 is 5.51. The van der Waals surface area contributed by atoms with Crippen molar-refractivity contribution in [1.29, 1.82) is 0 Å². The molecule has 0 aliphatic carbocycles. The fraction of sp³-hybridized carbons (Fsp3) is 0.909. The molecule has 0 aromatic carbocycles. The fourth-order valence-corrected chi connectivity index (χ4v) is 5.70. The van der Waals surface area contributed by atoms with E-state index < -0.39 is 8.07 Å². The molecule has 1 nitrogen and oxygen atoms in total. The van der Waals surface area contributed by atoms with Crippen LogP contribution in [-0.4, -0.2) is 21.3 Å². The van der Waals surface area contributed by atoms with E-state index in [9.17, 15) is 0 Å². The molecule has 0 aliphatic heterocycles. The molecule has 0 saturated carbocycles. The van der Waals surface area contributed by atoms with Crippen molar-refractivity contribution in [2.75, 3.05) is 13.2 Å². The molecule has 0 N–H and O–H groups in total. The highest BCUT2D eigenvalue weighted by molar-refractivity contribution is 6.87. The SMILES string of the molecule is CCCOCCCCCCCCCCCC#C[Si](CC)(CC)CC. The number of rotatable bonds is 16. The van der Waals surface area contributed by atoms with Gasteiger partial charge in [0, 0.05) is 19.6 Å². The summed E-state index contributed by atoms with van der Waals surface area (Å²) in [5, 5.41) is 0. The van der Waals surface area contributed by atoms with Gasteiger partial charge in [0.1, 0.15) is 8.07 Å². The third kappa shape index (κ3) is 13.1. The summed E-state index contributed by atoms with van der Waals surface area (Å²) in [6.07, 6.45) is 14.6. The van der Waals surface area contributed by atoms with Crippen molar-refractivity contribution in [3.8, 4) is 11.5 Å². The van der Waals surface area contributed by atoms with Crippen molar-refractivity contribution in [2.24, 2.45) is 0 Å². The Labute approximate surface area is 154 Å². The van der Waals surface area contributed by atoms with Crippen LogP contribution in [0, 0.1) is 11.5 Å². The number of hydrogen-bond acceptors (Lipinski definition) is 1. The molecule has 0 aromatic heterocycles. The van der Waals surface area contributed by atoms with Crippen LogP contribution in [0.15, 0.2) is 0 Å². The van der Waals surface area contributed by atoms with Gasteiger partial charge in [-0.25, -0.2) is 0 Å². The monoisotopic (exact) mass is 352 g/mol. The Morgan fingerprint density at radius 1 is 0.625 bits per heavy atom. The lowest BCUT2D eigenvalue weighted by molar-refractivity contribution is 0.130. The molecule has 0 bridgehead atoms. The van der Waals surface area contributed by atoms with Crippen molar-refractivity contribution in [3.63, 3.8) is 0 Å². The van der Waals surface area contributed by atoms with Gasteiger partial charge in [-0.05, 0) is 37.4 Å². The molecule has 2 heteroatoms. The molecule has 24 heavy (non-hydrogen) atoms. The molecule has 0 amide bonds. The summed E-state index contributed by atoms with van der Waals surface area (Å²) in [6.45, 7) is 11.1. The van der Waals surface area contributed by atoms with Crippen LogP contribution < -0.4 is 0 Å². The molecule has 0 atom stereocenters. The van der Waals surface area contributed by atoms with E-state index in [1.165, 1.54) is 75.9 Å². The topological polar surface area (TPSA) is 9.23 Å². The Morgan fingerprint density at radius 2 is 1.12 bits per heavy atom. The quantitative estimate of drug-likeness (QED) is 0.160. The van der Waals surface area contributed by atoms with Gasteiger partial charge in [0.05, 0.1) is 0 Å². The summed E-state index contributed by atoms with van der Waals surface area (Å²) in [5.74, 6) is 3.52. The minimum absolute atomic E-state index is 0.933. The highest BCUT2D eigenvalue weighted by Gasteiger charge is 2.23. The standard InChI is InChI=1S/C22H44OSi/c1-5-20-23-21-18-16-14-12-10-9-11-13-15-17-19-22-24(6-2,7-3)8-4/h5-18,20-21H2,1-4H3. The Hall–Kier alpha value is -0.263. The predicted molar refractivity (Wildman–Crippen MR) is 112 cm³/mol. The predicted octanol–water partition coefficient (Wildman–Crippen LogP) is 7.37. The minimum Gasteiger partial charge on any atom is -0.381 e.